The van der Waals surface area contributed by atoms with Crippen LogP contribution in [0, 0.1) is 0 Å². The highest BCUT2D eigenvalue weighted by atomic mass is 16.5. The maximum Gasteiger partial charge on any atom is 0.331 e. The van der Waals surface area contributed by atoms with Crippen molar-refractivity contribution in [2.24, 2.45) is 0 Å². The summed E-state index contributed by atoms with van der Waals surface area (Å²) in [4.78, 5) is 35.9. The normalized spacial score (nSPS) is 13.8. The van der Waals surface area contributed by atoms with Crippen molar-refractivity contribution in [1.82, 2.24) is 10.9 Å². The minimum atomic E-state index is -1.10. The first-order chi connectivity index (χ1) is 14.5. The molecule has 0 saturated carbocycles. The molecule has 0 fully saturated rings. The van der Waals surface area contributed by atoms with Gasteiger partial charge in [-0.1, -0.05) is 24.3 Å². The van der Waals surface area contributed by atoms with E-state index in [2.05, 4.69) is 10.9 Å². The van der Waals surface area contributed by atoms with E-state index >= 15 is 0 Å². The summed E-state index contributed by atoms with van der Waals surface area (Å²) >= 11 is 0. The molecule has 8 nitrogen and oxygen atoms in total. The number of ether oxygens (including phenoxy) is 3. The molecular formula is C22H22N2O6. The van der Waals surface area contributed by atoms with Gasteiger partial charge >= 0.3 is 5.97 Å². The van der Waals surface area contributed by atoms with Crippen LogP contribution < -0.4 is 20.3 Å². The number of amides is 2. The molecule has 0 aromatic heterocycles. The standard InChI is InChI=1S/C22H22N2O6/c1-15(21(26)23-24-22(27)17-6-3-2-4-7-17)30-20(25)11-9-16-8-10-18-19(14-16)29-13-5-12-28-18/h2-4,6-11,14-15H,5,12-13H2,1H3,(H,23,26)(H,24,27)/b11-9+/t15-/m0/s1. The molecule has 0 saturated heterocycles. The number of hydrazine groups is 1. The minimum absolute atomic E-state index is 0.389. The number of rotatable bonds is 5. The van der Waals surface area contributed by atoms with Gasteiger partial charge in [-0.25, -0.2) is 4.79 Å². The first kappa shape index (κ1) is 20.9. The molecule has 1 aliphatic heterocycles. The second kappa shape index (κ2) is 10.1. The predicted octanol–water partition coefficient (Wildman–Crippen LogP) is 2.25. The third-order valence-electron chi connectivity index (χ3n) is 4.18. The Balaban J connectivity index is 1.48. The maximum atomic E-state index is 12.0. The fourth-order valence-electron chi connectivity index (χ4n) is 2.60. The smallest absolute Gasteiger partial charge is 0.331 e. The Morgan fingerprint density at radius 3 is 2.50 bits per heavy atom. The zero-order valence-corrected chi connectivity index (χ0v) is 16.4. The molecule has 156 valence electrons. The Morgan fingerprint density at radius 2 is 1.73 bits per heavy atom. The van der Waals surface area contributed by atoms with E-state index < -0.39 is 23.9 Å². The summed E-state index contributed by atoms with van der Waals surface area (Å²) in [7, 11) is 0. The Morgan fingerprint density at radius 1 is 1.00 bits per heavy atom. The lowest BCUT2D eigenvalue weighted by Gasteiger charge is -2.13. The van der Waals surface area contributed by atoms with Crippen LogP contribution in [0.5, 0.6) is 11.5 Å². The van der Waals surface area contributed by atoms with E-state index in [4.69, 9.17) is 14.2 Å². The predicted molar refractivity (Wildman–Crippen MR) is 109 cm³/mol. The number of fused-ring (bicyclic) bond motifs is 1. The van der Waals surface area contributed by atoms with Gasteiger partial charge in [0.25, 0.3) is 11.8 Å². The molecule has 1 heterocycles. The van der Waals surface area contributed by atoms with Gasteiger partial charge in [-0.3, -0.25) is 20.4 Å². The van der Waals surface area contributed by atoms with E-state index in [-0.39, 0.29) is 0 Å². The molecule has 1 atom stereocenters. The van der Waals surface area contributed by atoms with E-state index in [0.29, 0.717) is 30.3 Å². The van der Waals surface area contributed by atoms with Crippen molar-refractivity contribution in [2.75, 3.05) is 13.2 Å². The van der Waals surface area contributed by atoms with Crippen molar-refractivity contribution in [1.29, 1.82) is 0 Å². The van der Waals surface area contributed by atoms with Gasteiger partial charge < -0.3 is 14.2 Å². The van der Waals surface area contributed by atoms with Crippen LogP contribution in [0.1, 0.15) is 29.3 Å². The highest BCUT2D eigenvalue weighted by Gasteiger charge is 2.17. The molecule has 2 aromatic carbocycles. The molecular weight excluding hydrogens is 388 g/mol. The van der Waals surface area contributed by atoms with Crippen LogP contribution in [0.4, 0.5) is 0 Å². The molecule has 2 amide bonds. The van der Waals surface area contributed by atoms with Crippen LogP contribution >= 0.6 is 0 Å². The molecule has 0 bridgehead atoms. The molecule has 2 aromatic rings. The van der Waals surface area contributed by atoms with Crippen LogP contribution in [0.3, 0.4) is 0 Å². The van der Waals surface area contributed by atoms with Crippen LogP contribution in [-0.2, 0) is 14.3 Å². The van der Waals surface area contributed by atoms with Gasteiger partial charge in [0.1, 0.15) is 0 Å². The van der Waals surface area contributed by atoms with Crippen molar-refractivity contribution in [3.05, 3.63) is 65.7 Å². The van der Waals surface area contributed by atoms with Crippen LogP contribution in [0.25, 0.3) is 6.08 Å². The summed E-state index contributed by atoms with van der Waals surface area (Å²) in [5.41, 5.74) is 5.62. The Hall–Kier alpha value is -3.81. The third kappa shape index (κ3) is 5.84. The molecule has 1 aliphatic rings. The minimum Gasteiger partial charge on any atom is -0.490 e. The number of carbonyl (C=O) groups is 3. The zero-order valence-electron chi connectivity index (χ0n) is 16.4. The fraction of sp³-hybridized carbons (Fsp3) is 0.227. The van der Waals surface area contributed by atoms with Gasteiger partial charge in [-0.15, -0.1) is 0 Å². The molecule has 30 heavy (non-hydrogen) atoms. The SMILES string of the molecule is C[C@H](OC(=O)/C=C/c1ccc2c(c1)OCCCO2)C(=O)NNC(=O)c1ccccc1. The van der Waals surface area contributed by atoms with Crippen LogP contribution in [0.15, 0.2) is 54.6 Å². The third-order valence-corrected chi connectivity index (χ3v) is 4.18. The summed E-state index contributed by atoms with van der Waals surface area (Å²) in [6.07, 6.45) is 2.48. The average Bonchev–Trinajstić information content (AvgIpc) is 3.01. The van der Waals surface area contributed by atoms with Crippen molar-refractivity contribution < 1.29 is 28.6 Å². The van der Waals surface area contributed by atoms with E-state index in [9.17, 15) is 14.4 Å². The van der Waals surface area contributed by atoms with E-state index in [0.717, 1.165) is 12.0 Å². The molecule has 2 N–H and O–H groups in total. The molecule has 8 heteroatoms. The molecule has 3 rings (SSSR count). The summed E-state index contributed by atoms with van der Waals surface area (Å²) in [5, 5.41) is 0. The van der Waals surface area contributed by atoms with E-state index in [1.807, 2.05) is 0 Å². The Kier molecular flexibility index (Phi) is 7.05. The van der Waals surface area contributed by atoms with Gasteiger partial charge in [0.05, 0.1) is 13.2 Å². The lowest BCUT2D eigenvalue weighted by atomic mass is 10.2. The first-order valence-electron chi connectivity index (χ1n) is 9.46. The zero-order chi connectivity index (χ0) is 21.3. The van der Waals surface area contributed by atoms with E-state index in [1.54, 1.807) is 54.6 Å². The molecule has 0 unspecified atom stereocenters. The fourth-order valence-corrected chi connectivity index (χ4v) is 2.60. The van der Waals surface area contributed by atoms with Gasteiger partial charge in [0, 0.05) is 18.1 Å². The summed E-state index contributed by atoms with van der Waals surface area (Å²) in [6, 6.07) is 13.7. The van der Waals surface area contributed by atoms with Gasteiger partial charge in [0.2, 0.25) is 0 Å². The highest BCUT2D eigenvalue weighted by molar-refractivity contribution is 5.96. The number of esters is 1. The Labute approximate surface area is 173 Å². The Bertz CT molecular complexity index is 942. The largest absolute Gasteiger partial charge is 0.490 e. The number of carbonyl (C=O) groups excluding carboxylic acids is 3. The molecule has 0 spiro atoms. The summed E-state index contributed by atoms with van der Waals surface area (Å²) in [6.45, 7) is 2.57. The lowest BCUT2D eigenvalue weighted by Crippen LogP contribution is -2.46. The second-order valence-corrected chi connectivity index (χ2v) is 6.48. The number of hydrogen-bond acceptors (Lipinski definition) is 6. The summed E-state index contributed by atoms with van der Waals surface area (Å²) < 4.78 is 16.2. The van der Waals surface area contributed by atoms with Crippen molar-refractivity contribution in [3.8, 4) is 11.5 Å². The first-order valence-corrected chi connectivity index (χ1v) is 9.46. The average molecular weight is 410 g/mol. The number of nitrogens with one attached hydrogen (secondary N) is 2. The van der Waals surface area contributed by atoms with Crippen molar-refractivity contribution in [3.63, 3.8) is 0 Å². The monoisotopic (exact) mass is 410 g/mol. The number of hydrogen-bond donors (Lipinski definition) is 2. The maximum absolute atomic E-state index is 12.0. The summed E-state index contributed by atoms with van der Waals surface area (Å²) in [5.74, 6) is -0.549. The molecule has 0 aliphatic carbocycles. The van der Waals surface area contributed by atoms with Crippen molar-refractivity contribution >= 4 is 23.9 Å². The van der Waals surface area contributed by atoms with Gasteiger partial charge in [-0.05, 0) is 42.8 Å². The van der Waals surface area contributed by atoms with Crippen LogP contribution in [0.2, 0.25) is 0 Å². The lowest BCUT2D eigenvalue weighted by molar-refractivity contribution is -0.150. The van der Waals surface area contributed by atoms with E-state index in [1.165, 1.54) is 13.0 Å². The van der Waals surface area contributed by atoms with Gasteiger partial charge in [0.15, 0.2) is 17.6 Å². The van der Waals surface area contributed by atoms with Crippen molar-refractivity contribution in [2.45, 2.75) is 19.4 Å². The van der Waals surface area contributed by atoms with Crippen LogP contribution in [-0.4, -0.2) is 37.1 Å². The second-order valence-electron chi connectivity index (χ2n) is 6.48. The van der Waals surface area contributed by atoms with Gasteiger partial charge in [-0.2, -0.15) is 0 Å². The molecule has 0 radical (unpaired) electrons. The number of benzene rings is 2. The highest BCUT2D eigenvalue weighted by Crippen LogP contribution is 2.30. The quantitative estimate of drug-likeness (QED) is 0.445. The topological polar surface area (TPSA) is 103 Å².